The Labute approximate surface area is 341 Å². The normalized spacial score (nSPS) is 27.0. The molecule has 312 valence electrons. The number of ether oxygens (including phenoxy) is 5. The fraction of sp³-hybridized carbons (Fsp3) is 0.535. The first-order valence-electron chi connectivity index (χ1n) is 19.5. The molecule has 1 saturated heterocycles. The van der Waals surface area contributed by atoms with E-state index < -0.39 is 35.9 Å². The number of nitrogens with zero attached hydrogens (tertiary/aromatic N) is 1. The quantitative estimate of drug-likeness (QED) is 0.0963. The number of hydrogen-bond acceptors (Lipinski definition) is 11. The van der Waals surface area contributed by atoms with Crippen molar-refractivity contribution in [3.63, 3.8) is 0 Å². The average molecular weight is 811 g/mol. The van der Waals surface area contributed by atoms with Gasteiger partial charge in [0.05, 0.1) is 42.8 Å². The Morgan fingerprint density at radius 1 is 1.05 bits per heavy atom. The van der Waals surface area contributed by atoms with Gasteiger partial charge in [0.25, 0.3) is 5.91 Å². The molecule has 7 atom stereocenters. The molecule has 0 saturated carbocycles. The van der Waals surface area contributed by atoms with Crippen molar-refractivity contribution in [3.8, 4) is 5.75 Å². The van der Waals surface area contributed by atoms with E-state index in [9.17, 15) is 19.2 Å². The number of nitrogen functional groups attached to an aromatic ring is 2. The Morgan fingerprint density at radius 2 is 1.79 bits per heavy atom. The van der Waals surface area contributed by atoms with Gasteiger partial charge in [-0.25, -0.2) is 0 Å². The van der Waals surface area contributed by atoms with Crippen LogP contribution in [0.4, 0.5) is 17.1 Å². The van der Waals surface area contributed by atoms with Crippen molar-refractivity contribution in [1.29, 1.82) is 0 Å². The summed E-state index contributed by atoms with van der Waals surface area (Å²) >= 11 is 6.79. The lowest BCUT2D eigenvalue weighted by Gasteiger charge is -2.30. The van der Waals surface area contributed by atoms with Crippen LogP contribution in [-0.4, -0.2) is 81.6 Å². The number of halogens is 1. The van der Waals surface area contributed by atoms with Crippen LogP contribution in [-0.2, 0) is 39.8 Å². The van der Waals surface area contributed by atoms with Crippen molar-refractivity contribution >= 4 is 52.4 Å². The van der Waals surface area contributed by atoms with Gasteiger partial charge in [0.15, 0.2) is 0 Å². The Hall–Kier alpha value is -4.59. The smallest absolute Gasteiger partial charge is 0.306 e. The van der Waals surface area contributed by atoms with E-state index in [0.29, 0.717) is 67.0 Å². The van der Waals surface area contributed by atoms with Crippen LogP contribution >= 0.6 is 11.6 Å². The summed E-state index contributed by atoms with van der Waals surface area (Å²) in [6.07, 6.45) is 6.37. The van der Waals surface area contributed by atoms with Gasteiger partial charge in [-0.05, 0) is 81.3 Å². The van der Waals surface area contributed by atoms with Crippen molar-refractivity contribution in [2.24, 2.45) is 11.8 Å². The number of carbonyl (C=O) groups excluding carboxylic acids is 4. The highest BCUT2D eigenvalue weighted by Crippen LogP contribution is 2.49. The lowest BCUT2D eigenvalue weighted by Crippen LogP contribution is -2.42. The highest BCUT2D eigenvalue weighted by molar-refractivity contribution is 6.35. The van der Waals surface area contributed by atoms with Crippen LogP contribution in [0, 0.1) is 11.8 Å². The maximum absolute atomic E-state index is 14.1. The van der Waals surface area contributed by atoms with E-state index in [4.69, 9.17) is 46.8 Å². The summed E-state index contributed by atoms with van der Waals surface area (Å²) in [5, 5.41) is 3.13. The molecule has 2 aromatic rings. The number of methoxy groups -OCH3 is 2. The van der Waals surface area contributed by atoms with Crippen LogP contribution in [0.5, 0.6) is 5.75 Å². The predicted octanol–water partition coefficient (Wildman–Crippen LogP) is 6.59. The number of carbonyl (C=O) groups is 4. The highest BCUT2D eigenvalue weighted by Gasteiger charge is 2.63. The first kappa shape index (κ1) is 45.1. The fourth-order valence-corrected chi connectivity index (χ4v) is 7.66. The zero-order valence-corrected chi connectivity index (χ0v) is 35.1. The number of rotatable bonds is 11. The third-order valence-corrected chi connectivity index (χ3v) is 11.3. The predicted molar refractivity (Wildman–Crippen MR) is 221 cm³/mol. The Kier molecular flexibility index (Phi) is 16.0. The molecule has 2 aliphatic rings. The van der Waals surface area contributed by atoms with Crippen molar-refractivity contribution in [1.82, 2.24) is 5.32 Å². The van der Waals surface area contributed by atoms with Crippen LogP contribution in [0.3, 0.4) is 0 Å². The molecule has 1 fully saturated rings. The monoisotopic (exact) mass is 810 g/mol. The van der Waals surface area contributed by atoms with Crippen molar-refractivity contribution < 1.29 is 42.9 Å². The number of amides is 2. The van der Waals surface area contributed by atoms with Gasteiger partial charge < -0.3 is 45.4 Å². The standard InChI is InChI=1S/C43H59ClN4O9/c1-25-13-12-14-34(53-7)26(2)20-35(55-28(4)49)27(3)41-43(5,57-41)37(24-38(50)48(6)33-21-29(19-25)22-36(54-8)40(33)44)56-39(51)15-10-9-11-18-47-42(52)30-16-17-31(45)32(46)23-30/h12-14,16-17,21-23,26-27,34-35,37,41H,9-11,15,18-20,24,45-46H2,1-8H3,(H,47,52)/b14-12+,25-13+/t26-,27-,34-,35+,37+,41+,43+/m1/s1. The number of allylic oxidation sites excluding steroid dienone is 3. The lowest BCUT2D eigenvalue weighted by atomic mass is 9.84. The molecule has 2 heterocycles. The highest BCUT2D eigenvalue weighted by atomic mass is 35.5. The molecule has 5 N–H and O–H groups in total. The SMILES string of the molecule is COc1cc2cc(c1Cl)N(C)C(=O)C[C@H](OC(=O)CCCCCNC(=O)c1ccc(N)c(N)c1)[C@]1(C)O[C@H]1[C@H](C)[C@@H](OC(C)=O)C[C@@H](C)[C@H](OC)/C=C/C=C(\C)C2. The fourth-order valence-electron chi connectivity index (χ4n) is 7.35. The first-order valence-corrected chi connectivity index (χ1v) is 19.8. The molecular weight excluding hydrogens is 752 g/mol. The van der Waals surface area contributed by atoms with E-state index in [2.05, 4.69) is 5.32 Å². The number of benzene rings is 2. The topological polar surface area (TPSA) is 185 Å². The molecular formula is C43H59ClN4O9. The van der Waals surface area contributed by atoms with Crippen molar-refractivity contribution in [3.05, 3.63) is 70.3 Å². The molecule has 0 radical (unpaired) electrons. The third-order valence-electron chi connectivity index (χ3n) is 10.9. The number of epoxide rings is 1. The third kappa shape index (κ3) is 12.0. The molecule has 2 bridgehead atoms. The van der Waals surface area contributed by atoms with Gasteiger partial charge in [0.1, 0.15) is 28.6 Å². The minimum Gasteiger partial charge on any atom is -0.495 e. The van der Waals surface area contributed by atoms with Crippen LogP contribution in [0.2, 0.25) is 5.02 Å². The van der Waals surface area contributed by atoms with Gasteiger partial charge in [-0.2, -0.15) is 0 Å². The van der Waals surface area contributed by atoms with Gasteiger partial charge in [-0.1, -0.05) is 55.7 Å². The summed E-state index contributed by atoms with van der Waals surface area (Å²) in [4.78, 5) is 53.9. The van der Waals surface area contributed by atoms with Crippen LogP contribution in [0.25, 0.3) is 0 Å². The zero-order valence-electron chi connectivity index (χ0n) is 34.4. The molecule has 4 rings (SSSR count). The summed E-state index contributed by atoms with van der Waals surface area (Å²) in [7, 11) is 4.80. The Morgan fingerprint density at radius 3 is 2.46 bits per heavy atom. The lowest BCUT2D eigenvalue weighted by molar-refractivity contribution is -0.154. The zero-order chi connectivity index (χ0) is 42.0. The number of fused-ring (bicyclic) bond motifs is 3. The second-order valence-corrected chi connectivity index (χ2v) is 15.8. The number of nitrogens with one attached hydrogen (secondary N) is 1. The summed E-state index contributed by atoms with van der Waals surface area (Å²) in [6.45, 7) is 9.58. The van der Waals surface area contributed by atoms with E-state index in [0.717, 1.165) is 11.1 Å². The number of esters is 2. The number of unbranched alkanes of at least 4 members (excludes halogenated alkanes) is 2. The first-order chi connectivity index (χ1) is 27.0. The molecule has 14 heteroatoms. The summed E-state index contributed by atoms with van der Waals surface area (Å²) in [6, 6.07) is 8.43. The Balaban J connectivity index is 1.55. The molecule has 2 aromatic carbocycles. The summed E-state index contributed by atoms with van der Waals surface area (Å²) < 4.78 is 29.8. The van der Waals surface area contributed by atoms with Gasteiger partial charge in [0, 0.05) is 45.5 Å². The molecule has 0 aliphatic carbocycles. The van der Waals surface area contributed by atoms with Gasteiger partial charge >= 0.3 is 11.9 Å². The summed E-state index contributed by atoms with van der Waals surface area (Å²) in [5.41, 5.74) is 14.1. The van der Waals surface area contributed by atoms with Crippen LogP contribution < -0.4 is 26.4 Å². The van der Waals surface area contributed by atoms with Crippen molar-refractivity contribution in [2.75, 3.05) is 44.2 Å². The minimum absolute atomic E-state index is 0.0457. The minimum atomic E-state index is -1.06. The second kappa shape index (κ2) is 20.2. The molecule has 13 nitrogen and oxygen atoms in total. The Bertz CT molecular complexity index is 1830. The number of anilines is 3. The molecule has 0 unspecified atom stereocenters. The molecule has 0 aromatic heterocycles. The average Bonchev–Trinajstić information content (AvgIpc) is 3.86. The van der Waals surface area contributed by atoms with Gasteiger partial charge in [0.2, 0.25) is 5.91 Å². The molecule has 0 spiro atoms. The van der Waals surface area contributed by atoms with Gasteiger partial charge in [-0.15, -0.1) is 0 Å². The van der Waals surface area contributed by atoms with E-state index >= 15 is 0 Å². The van der Waals surface area contributed by atoms with Crippen molar-refractivity contribution in [2.45, 2.75) is 110 Å². The van der Waals surface area contributed by atoms with Crippen LogP contribution in [0.15, 0.2) is 54.1 Å². The van der Waals surface area contributed by atoms with E-state index in [1.54, 1.807) is 26.3 Å². The largest absolute Gasteiger partial charge is 0.495 e. The van der Waals surface area contributed by atoms with E-state index in [1.165, 1.54) is 25.0 Å². The second-order valence-electron chi connectivity index (χ2n) is 15.4. The number of hydrogen-bond donors (Lipinski definition) is 3. The van der Waals surface area contributed by atoms with E-state index in [1.807, 2.05) is 58.1 Å². The number of nitrogens with two attached hydrogens (primary N) is 2. The van der Waals surface area contributed by atoms with E-state index in [-0.39, 0.29) is 47.6 Å². The maximum Gasteiger partial charge on any atom is 0.306 e. The molecule has 57 heavy (non-hydrogen) atoms. The maximum atomic E-state index is 14.1. The molecule has 2 aliphatic heterocycles. The molecule has 2 amide bonds. The van der Waals surface area contributed by atoms with Crippen LogP contribution in [0.1, 0.15) is 89.1 Å². The summed E-state index contributed by atoms with van der Waals surface area (Å²) in [5.74, 6) is -1.47. The van der Waals surface area contributed by atoms with Gasteiger partial charge in [-0.3, -0.25) is 19.2 Å².